The van der Waals surface area contributed by atoms with Crippen LogP contribution in [0.1, 0.15) is 22.5 Å². The molecule has 0 saturated carbocycles. The molecule has 2 N–H and O–H groups in total. The first-order chi connectivity index (χ1) is 8.15. The van der Waals surface area contributed by atoms with Gasteiger partial charge in [-0.3, -0.25) is 0 Å². The predicted octanol–water partition coefficient (Wildman–Crippen LogP) is 1.97. The van der Waals surface area contributed by atoms with Crippen molar-refractivity contribution in [3.63, 3.8) is 0 Å². The third kappa shape index (κ3) is 2.21. The van der Waals surface area contributed by atoms with Gasteiger partial charge in [-0.25, -0.2) is 9.18 Å². The maximum Gasteiger partial charge on any atom is 0.355 e. The monoisotopic (exact) mass is 258 g/mol. The van der Waals surface area contributed by atoms with E-state index in [0.29, 0.717) is 13.0 Å². The van der Waals surface area contributed by atoms with Crippen LogP contribution in [0.25, 0.3) is 5.57 Å². The van der Waals surface area contributed by atoms with Gasteiger partial charge in [0.25, 0.3) is 0 Å². The molecule has 0 fully saturated rings. The number of aromatic amines is 1. The summed E-state index contributed by atoms with van der Waals surface area (Å²) < 4.78 is 18.5. The van der Waals surface area contributed by atoms with Crippen molar-refractivity contribution in [2.45, 2.75) is 6.42 Å². The van der Waals surface area contributed by atoms with E-state index in [1.807, 2.05) is 6.08 Å². The van der Waals surface area contributed by atoms with Gasteiger partial charge in [0.05, 0.1) is 7.11 Å². The van der Waals surface area contributed by atoms with E-state index in [4.69, 9.17) is 11.6 Å². The second-order valence-electron chi connectivity index (χ2n) is 3.68. The molecule has 0 bridgehead atoms. The number of esters is 1. The number of aromatic nitrogens is 1. The van der Waals surface area contributed by atoms with E-state index in [0.717, 1.165) is 12.1 Å². The van der Waals surface area contributed by atoms with Crippen molar-refractivity contribution < 1.29 is 13.9 Å². The quantitative estimate of drug-likeness (QED) is 0.798. The number of carbonyl (C=O) groups is 1. The molecule has 1 aliphatic heterocycles. The predicted molar refractivity (Wildman–Crippen MR) is 62.6 cm³/mol. The summed E-state index contributed by atoms with van der Waals surface area (Å²) in [5.74, 6) is -1.22. The molecule has 4 nitrogen and oxygen atoms in total. The number of carbonyl (C=O) groups excluding carboxylic acids is 1. The number of hydrogen-bond acceptors (Lipinski definition) is 3. The average molecular weight is 259 g/mol. The first-order valence-corrected chi connectivity index (χ1v) is 5.58. The van der Waals surface area contributed by atoms with Crippen molar-refractivity contribution in [3.05, 3.63) is 28.3 Å². The number of halogens is 2. The number of nitrogens with one attached hydrogen (secondary N) is 2. The van der Waals surface area contributed by atoms with Gasteiger partial charge in [0.15, 0.2) is 5.82 Å². The maximum absolute atomic E-state index is 13.9. The van der Waals surface area contributed by atoms with Gasteiger partial charge in [-0.05, 0) is 18.5 Å². The third-order valence-corrected chi connectivity index (χ3v) is 2.93. The number of rotatable bonds is 2. The minimum atomic E-state index is -0.620. The molecule has 0 atom stereocenters. The highest BCUT2D eigenvalue weighted by molar-refractivity contribution is 6.30. The van der Waals surface area contributed by atoms with E-state index < -0.39 is 11.8 Å². The van der Waals surface area contributed by atoms with Crippen LogP contribution in [0.3, 0.4) is 0 Å². The Hall–Kier alpha value is -1.33. The molecule has 1 aromatic rings. The smallest absolute Gasteiger partial charge is 0.355 e. The van der Waals surface area contributed by atoms with E-state index in [2.05, 4.69) is 15.0 Å². The first-order valence-electron chi connectivity index (χ1n) is 5.20. The van der Waals surface area contributed by atoms with Gasteiger partial charge in [-0.15, -0.1) is 0 Å². The van der Waals surface area contributed by atoms with Crippen molar-refractivity contribution in [1.29, 1.82) is 0 Å². The van der Waals surface area contributed by atoms with Crippen LogP contribution in [0, 0.1) is 5.82 Å². The van der Waals surface area contributed by atoms with Gasteiger partial charge >= 0.3 is 5.97 Å². The van der Waals surface area contributed by atoms with Crippen LogP contribution in [0.2, 0.25) is 5.15 Å². The van der Waals surface area contributed by atoms with Crippen LogP contribution in [-0.2, 0) is 4.74 Å². The molecule has 1 aromatic heterocycles. The summed E-state index contributed by atoms with van der Waals surface area (Å²) in [7, 11) is 1.25. The van der Waals surface area contributed by atoms with Crippen molar-refractivity contribution in [3.8, 4) is 0 Å². The number of ether oxygens (including phenoxy) is 1. The lowest BCUT2D eigenvalue weighted by atomic mass is 10.00. The summed E-state index contributed by atoms with van der Waals surface area (Å²) in [6.45, 7) is 1.40. The fourth-order valence-electron chi connectivity index (χ4n) is 1.85. The number of H-pyrrole nitrogens is 1. The molecule has 0 spiro atoms. The molecule has 0 aromatic carbocycles. The minimum absolute atomic E-state index is 0.0724. The molecule has 2 rings (SSSR count). The van der Waals surface area contributed by atoms with Gasteiger partial charge < -0.3 is 15.0 Å². The summed E-state index contributed by atoms with van der Waals surface area (Å²) in [6.07, 6.45) is 2.49. The minimum Gasteiger partial charge on any atom is -0.464 e. The van der Waals surface area contributed by atoms with Gasteiger partial charge in [-0.2, -0.15) is 0 Å². The van der Waals surface area contributed by atoms with Crippen LogP contribution in [0.15, 0.2) is 6.08 Å². The largest absolute Gasteiger partial charge is 0.464 e. The molecule has 1 aliphatic rings. The Labute approximate surface area is 103 Å². The fraction of sp³-hybridized carbons (Fsp3) is 0.364. The van der Waals surface area contributed by atoms with E-state index in [9.17, 15) is 9.18 Å². The average Bonchev–Trinajstić information content (AvgIpc) is 2.66. The fourth-order valence-corrected chi connectivity index (χ4v) is 2.04. The highest BCUT2D eigenvalue weighted by atomic mass is 35.5. The first kappa shape index (κ1) is 12.1. The van der Waals surface area contributed by atoms with E-state index in [1.54, 1.807) is 0 Å². The second-order valence-corrected chi connectivity index (χ2v) is 4.06. The molecule has 17 heavy (non-hydrogen) atoms. The lowest BCUT2D eigenvalue weighted by molar-refractivity contribution is 0.0594. The van der Waals surface area contributed by atoms with Crippen molar-refractivity contribution in [1.82, 2.24) is 10.3 Å². The SMILES string of the molecule is COC(=O)c1[nH]c(Cl)c(F)c1C1=CCNCC1. The molecule has 0 saturated heterocycles. The van der Waals surface area contributed by atoms with Crippen LogP contribution in [0.4, 0.5) is 4.39 Å². The van der Waals surface area contributed by atoms with Crippen molar-refractivity contribution >= 4 is 23.1 Å². The highest BCUT2D eigenvalue weighted by Crippen LogP contribution is 2.30. The van der Waals surface area contributed by atoms with Crippen LogP contribution in [0.5, 0.6) is 0 Å². The summed E-state index contributed by atoms with van der Waals surface area (Å²) in [6, 6.07) is 0. The van der Waals surface area contributed by atoms with Crippen LogP contribution in [-0.4, -0.2) is 31.2 Å². The normalized spacial score (nSPS) is 15.6. The standard InChI is InChI=1S/C11H12ClFN2O2/c1-17-11(16)9-7(8(13)10(12)15-9)6-2-4-14-5-3-6/h2,14-15H,3-5H2,1H3. The summed E-state index contributed by atoms with van der Waals surface area (Å²) in [5, 5.41) is 2.95. The second kappa shape index (κ2) is 4.89. The Morgan fingerprint density at radius 3 is 2.94 bits per heavy atom. The molecule has 6 heteroatoms. The molecular formula is C11H12ClFN2O2. The molecule has 0 amide bonds. The Morgan fingerprint density at radius 2 is 2.35 bits per heavy atom. The zero-order chi connectivity index (χ0) is 12.4. The van der Waals surface area contributed by atoms with E-state index in [-0.39, 0.29) is 16.4 Å². The number of methoxy groups -OCH3 is 1. The summed E-state index contributed by atoms with van der Waals surface area (Å²) >= 11 is 5.67. The van der Waals surface area contributed by atoms with Crippen LogP contribution >= 0.6 is 11.6 Å². The Kier molecular flexibility index (Phi) is 3.49. The molecular weight excluding hydrogens is 247 g/mol. The zero-order valence-electron chi connectivity index (χ0n) is 9.27. The van der Waals surface area contributed by atoms with Crippen LogP contribution < -0.4 is 5.32 Å². The lowest BCUT2D eigenvalue weighted by Gasteiger charge is -2.14. The summed E-state index contributed by atoms with van der Waals surface area (Å²) in [4.78, 5) is 14.0. The molecule has 0 radical (unpaired) electrons. The zero-order valence-corrected chi connectivity index (χ0v) is 10.0. The van der Waals surface area contributed by atoms with Gasteiger partial charge in [0.2, 0.25) is 0 Å². The molecule has 0 unspecified atom stereocenters. The lowest BCUT2D eigenvalue weighted by Crippen LogP contribution is -2.21. The van der Waals surface area contributed by atoms with Gasteiger partial charge in [0, 0.05) is 12.1 Å². The maximum atomic E-state index is 13.9. The number of hydrogen-bond donors (Lipinski definition) is 2. The van der Waals surface area contributed by atoms with E-state index in [1.165, 1.54) is 7.11 Å². The Balaban J connectivity index is 2.50. The Morgan fingerprint density at radius 1 is 1.59 bits per heavy atom. The Bertz CT molecular complexity index is 482. The van der Waals surface area contributed by atoms with Gasteiger partial charge in [0.1, 0.15) is 10.8 Å². The molecule has 92 valence electrons. The summed E-state index contributed by atoms with van der Waals surface area (Å²) in [5.41, 5.74) is 1.07. The van der Waals surface area contributed by atoms with Crippen molar-refractivity contribution in [2.24, 2.45) is 0 Å². The van der Waals surface area contributed by atoms with E-state index >= 15 is 0 Å². The highest BCUT2D eigenvalue weighted by Gasteiger charge is 2.25. The topological polar surface area (TPSA) is 54.1 Å². The molecule has 0 aliphatic carbocycles. The van der Waals surface area contributed by atoms with Crippen molar-refractivity contribution in [2.75, 3.05) is 20.2 Å². The molecule has 2 heterocycles. The van der Waals surface area contributed by atoms with Gasteiger partial charge in [-0.1, -0.05) is 17.7 Å². The third-order valence-electron chi connectivity index (χ3n) is 2.67.